The summed E-state index contributed by atoms with van der Waals surface area (Å²) in [7, 11) is 0. The van der Waals surface area contributed by atoms with E-state index in [0.29, 0.717) is 10.8 Å². The van der Waals surface area contributed by atoms with E-state index in [1.807, 2.05) is 67.6 Å². The van der Waals surface area contributed by atoms with Crippen LogP contribution in [-0.2, 0) is 11.2 Å². The fourth-order valence-corrected chi connectivity index (χ4v) is 3.67. The van der Waals surface area contributed by atoms with Gasteiger partial charge in [0.1, 0.15) is 11.6 Å². The van der Waals surface area contributed by atoms with Crippen LogP contribution in [-0.4, -0.2) is 27.6 Å². The van der Waals surface area contributed by atoms with Gasteiger partial charge < -0.3 is 15.0 Å². The van der Waals surface area contributed by atoms with Gasteiger partial charge in [-0.1, -0.05) is 30.7 Å². The Labute approximate surface area is 202 Å². The fraction of sp³-hybridized carbons (Fsp3) is 0.160. The predicted molar refractivity (Wildman–Crippen MR) is 137 cm³/mol. The number of nitrogens with zero attached hydrogens (tertiary/aromatic N) is 1. The lowest BCUT2D eigenvalue weighted by Crippen LogP contribution is -2.37. The van der Waals surface area contributed by atoms with Gasteiger partial charge in [0.2, 0.25) is 0 Å². The molecule has 4 aromatic rings. The van der Waals surface area contributed by atoms with Crippen molar-refractivity contribution in [1.29, 1.82) is 0 Å². The van der Waals surface area contributed by atoms with Gasteiger partial charge in [-0.25, -0.2) is 4.98 Å². The zero-order chi connectivity index (χ0) is 23.4. The summed E-state index contributed by atoms with van der Waals surface area (Å²) in [6, 6.07) is 19.1. The third kappa shape index (κ3) is 5.69. The maximum absolute atomic E-state index is 12.1. The molecular weight excluding hydrogens is 456 g/mol. The zero-order valence-electron chi connectivity index (χ0n) is 18.2. The van der Waals surface area contributed by atoms with Crippen molar-refractivity contribution in [3.63, 3.8) is 0 Å². The minimum absolute atomic E-state index is 0.123. The van der Waals surface area contributed by atoms with Gasteiger partial charge in [0.05, 0.1) is 11.0 Å². The largest absolute Gasteiger partial charge is 0.484 e. The Morgan fingerprint density at radius 1 is 1.12 bits per heavy atom. The molecule has 1 aromatic heterocycles. The molecule has 0 aliphatic rings. The highest BCUT2D eigenvalue weighted by molar-refractivity contribution is 7.80. The molecule has 0 atom stereocenters. The van der Waals surface area contributed by atoms with Crippen LogP contribution in [0, 0.1) is 6.92 Å². The molecule has 8 heteroatoms. The quantitative estimate of drug-likeness (QED) is 0.312. The number of imidazole rings is 1. The van der Waals surface area contributed by atoms with E-state index in [-0.39, 0.29) is 17.6 Å². The zero-order valence-corrected chi connectivity index (χ0v) is 19.8. The molecule has 33 heavy (non-hydrogen) atoms. The van der Waals surface area contributed by atoms with E-state index >= 15 is 0 Å². The molecular formula is C25H23ClN4O2S. The normalized spacial score (nSPS) is 10.8. The molecule has 0 saturated heterocycles. The number of anilines is 1. The number of aromatic amines is 1. The number of carbonyl (C=O) groups excluding carboxylic acids is 1. The smallest absolute Gasteiger partial charge is 0.264 e. The first-order chi connectivity index (χ1) is 15.9. The summed E-state index contributed by atoms with van der Waals surface area (Å²) in [6.07, 6.45) is 0.953. The number of aromatic nitrogens is 2. The second-order valence-corrected chi connectivity index (χ2v) is 8.39. The molecule has 0 bridgehead atoms. The average Bonchev–Trinajstić information content (AvgIpc) is 3.21. The van der Waals surface area contributed by atoms with Crippen LogP contribution in [0.4, 0.5) is 5.69 Å². The number of aryl methyl sites for hydroxylation is 2. The Kier molecular flexibility index (Phi) is 6.91. The number of amides is 1. The summed E-state index contributed by atoms with van der Waals surface area (Å²) in [5.74, 6) is 1.05. The highest BCUT2D eigenvalue weighted by atomic mass is 35.5. The Morgan fingerprint density at radius 2 is 1.85 bits per heavy atom. The van der Waals surface area contributed by atoms with Crippen LogP contribution in [0.5, 0.6) is 5.75 Å². The van der Waals surface area contributed by atoms with Crippen molar-refractivity contribution < 1.29 is 9.53 Å². The number of carbonyl (C=O) groups is 1. The summed E-state index contributed by atoms with van der Waals surface area (Å²) < 4.78 is 5.50. The van der Waals surface area contributed by atoms with Crippen LogP contribution >= 0.6 is 23.8 Å². The molecule has 0 spiro atoms. The van der Waals surface area contributed by atoms with Gasteiger partial charge >= 0.3 is 0 Å². The summed E-state index contributed by atoms with van der Waals surface area (Å²) >= 11 is 11.4. The molecule has 3 N–H and O–H groups in total. The summed E-state index contributed by atoms with van der Waals surface area (Å²) in [5.41, 5.74) is 5.62. The first-order valence-corrected chi connectivity index (χ1v) is 11.3. The van der Waals surface area contributed by atoms with Crippen molar-refractivity contribution in [3.05, 3.63) is 76.8 Å². The van der Waals surface area contributed by atoms with Crippen molar-refractivity contribution in [2.75, 3.05) is 11.9 Å². The van der Waals surface area contributed by atoms with Crippen molar-refractivity contribution in [3.8, 4) is 17.1 Å². The van der Waals surface area contributed by atoms with Crippen LogP contribution in [0.2, 0.25) is 5.02 Å². The van der Waals surface area contributed by atoms with E-state index < -0.39 is 0 Å². The molecule has 0 fully saturated rings. The molecule has 168 valence electrons. The molecule has 1 amide bonds. The lowest BCUT2D eigenvalue weighted by Gasteiger charge is -2.11. The SMILES string of the molecule is CCc1ccc(OCC(=O)NC(=S)Nc2ccc(-c3nc4cc(Cl)c(C)cc4[nH]3)cc2)cc1. The second kappa shape index (κ2) is 10.0. The first-order valence-electron chi connectivity index (χ1n) is 10.5. The Balaban J connectivity index is 1.31. The maximum Gasteiger partial charge on any atom is 0.264 e. The molecule has 0 saturated carbocycles. The van der Waals surface area contributed by atoms with Gasteiger partial charge in [0.15, 0.2) is 11.7 Å². The minimum atomic E-state index is -0.333. The van der Waals surface area contributed by atoms with E-state index in [0.717, 1.165) is 40.1 Å². The van der Waals surface area contributed by atoms with E-state index in [2.05, 4.69) is 27.5 Å². The standard InChI is InChI=1S/C25H23ClN4O2S/c1-3-16-4-10-19(11-5-16)32-14-23(31)30-25(33)27-18-8-6-17(7-9-18)24-28-21-12-15(2)20(26)13-22(21)29-24/h4-13H,3,14H2,1-2H3,(H,28,29)(H2,27,30,31,33). The number of ether oxygens (including phenoxy) is 1. The Bertz CT molecular complexity index is 1260. The Hall–Kier alpha value is -3.42. The first kappa shape index (κ1) is 22.8. The molecule has 6 nitrogen and oxygen atoms in total. The molecule has 0 aliphatic heterocycles. The minimum Gasteiger partial charge on any atom is -0.484 e. The van der Waals surface area contributed by atoms with Gasteiger partial charge in [-0.15, -0.1) is 0 Å². The van der Waals surface area contributed by atoms with E-state index in [9.17, 15) is 4.79 Å². The lowest BCUT2D eigenvalue weighted by atomic mass is 10.2. The van der Waals surface area contributed by atoms with Gasteiger partial charge in [-0.05, 0) is 85.2 Å². The number of rotatable bonds is 6. The molecule has 0 radical (unpaired) electrons. The number of halogens is 1. The number of benzene rings is 3. The van der Waals surface area contributed by atoms with Gasteiger partial charge in [-0.2, -0.15) is 0 Å². The van der Waals surface area contributed by atoms with Crippen LogP contribution < -0.4 is 15.4 Å². The van der Waals surface area contributed by atoms with Crippen LogP contribution in [0.3, 0.4) is 0 Å². The summed E-state index contributed by atoms with van der Waals surface area (Å²) in [6.45, 7) is 3.92. The van der Waals surface area contributed by atoms with E-state index in [1.165, 1.54) is 5.56 Å². The van der Waals surface area contributed by atoms with Crippen LogP contribution in [0.15, 0.2) is 60.7 Å². The lowest BCUT2D eigenvalue weighted by molar-refractivity contribution is -0.121. The predicted octanol–water partition coefficient (Wildman–Crippen LogP) is 5.65. The van der Waals surface area contributed by atoms with Gasteiger partial charge in [0, 0.05) is 16.3 Å². The maximum atomic E-state index is 12.1. The molecule has 3 aromatic carbocycles. The highest BCUT2D eigenvalue weighted by Crippen LogP contribution is 2.26. The number of hydrogen-bond donors (Lipinski definition) is 3. The molecule has 1 heterocycles. The third-order valence-corrected chi connectivity index (χ3v) is 5.74. The van der Waals surface area contributed by atoms with Crippen LogP contribution in [0.25, 0.3) is 22.4 Å². The number of fused-ring (bicyclic) bond motifs is 1. The number of thiocarbonyl (C=S) groups is 1. The fourth-order valence-electron chi connectivity index (χ4n) is 3.28. The van der Waals surface area contributed by atoms with Gasteiger partial charge in [-0.3, -0.25) is 10.1 Å². The molecule has 4 rings (SSSR count). The molecule has 0 aliphatic carbocycles. The topological polar surface area (TPSA) is 79.0 Å². The van der Waals surface area contributed by atoms with Crippen molar-refractivity contribution in [2.45, 2.75) is 20.3 Å². The second-order valence-electron chi connectivity index (χ2n) is 7.57. The van der Waals surface area contributed by atoms with Crippen molar-refractivity contribution >= 4 is 51.6 Å². The van der Waals surface area contributed by atoms with Crippen molar-refractivity contribution in [1.82, 2.24) is 15.3 Å². The highest BCUT2D eigenvalue weighted by Gasteiger charge is 2.09. The summed E-state index contributed by atoms with van der Waals surface area (Å²) in [5, 5.41) is 6.51. The van der Waals surface area contributed by atoms with Gasteiger partial charge in [0.25, 0.3) is 5.91 Å². The average molecular weight is 479 g/mol. The Morgan fingerprint density at radius 3 is 2.55 bits per heavy atom. The molecule has 0 unspecified atom stereocenters. The third-order valence-electron chi connectivity index (χ3n) is 5.13. The summed E-state index contributed by atoms with van der Waals surface area (Å²) in [4.78, 5) is 20.1. The van der Waals surface area contributed by atoms with E-state index in [4.69, 9.17) is 28.6 Å². The van der Waals surface area contributed by atoms with Crippen LogP contribution in [0.1, 0.15) is 18.1 Å². The van der Waals surface area contributed by atoms with E-state index in [1.54, 1.807) is 0 Å². The van der Waals surface area contributed by atoms with Crippen molar-refractivity contribution in [2.24, 2.45) is 0 Å². The monoisotopic (exact) mass is 478 g/mol. The number of hydrogen-bond acceptors (Lipinski definition) is 4. The number of nitrogens with one attached hydrogen (secondary N) is 3. The number of H-pyrrole nitrogens is 1.